The van der Waals surface area contributed by atoms with Crippen molar-refractivity contribution < 1.29 is 39.3 Å². The molecule has 0 amide bonds. The van der Waals surface area contributed by atoms with E-state index in [1.54, 1.807) is 0 Å². The zero-order chi connectivity index (χ0) is 20.9. The minimum atomic E-state index is -5.56. The normalized spacial score (nSPS) is 12.9. The van der Waals surface area contributed by atoms with Gasteiger partial charge in [-0.05, 0) is 12.1 Å². The molecule has 15 heteroatoms. The standard InChI is InChI=1S/C12H3Cl2F6N3O3S/c13-5-1-4(11(15,16)17)2-6(14)9(5)23-7(3-21)8(12(18,19)20)10(22-23)27(24,25)26/h1-2H,(H,24,25,26). The fourth-order valence-corrected chi connectivity index (χ4v) is 3.33. The third-order valence-electron chi connectivity index (χ3n) is 3.04. The number of hydrogen-bond donors (Lipinski definition) is 1. The molecule has 0 fully saturated rings. The Morgan fingerprint density at radius 2 is 1.56 bits per heavy atom. The molecule has 0 aliphatic carbocycles. The summed E-state index contributed by atoms with van der Waals surface area (Å²) in [6.07, 6.45) is -10.4. The van der Waals surface area contributed by atoms with Gasteiger partial charge in [-0.1, -0.05) is 23.2 Å². The Balaban J connectivity index is 2.94. The van der Waals surface area contributed by atoms with Crippen molar-refractivity contribution in [3.05, 3.63) is 39.0 Å². The van der Waals surface area contributed by atoms with E-state index in [4.69, 9.17) is 33.0 Å². The zero-order valence-corrected chi connectivity index (χ0v) is 14.5. The van der Waals surface area contributed by atoms with E-state index in [1.807, 2.05) is 0 Å². The van der Waals surface area contributed by atoms with Crippen molar-refractivity contribution >= 4 is 33.3 Å². The van der Waals surface area contributed by atoms with Crippen LogP contribution < -0.4 is 0 Å². The molecule has 0 aliphatic heterocycles. The first-order chi connectivity index (χ1) is 12.1. The van der Waals surface area contributed by atoms with Crippen molar-refractivity contribution in [1.82, 2.24) is 9.78 Å². The second kappa shape index (κ2) is 6.55. The first-order valence-electron chi connectivity index (χ1n) is 6.23. The quantitative estimate of drug-likeness (QED) is 0.539. The van der Waals surface area contributed by atoms with Gasteiger partial charge in [0.25, 0.3) is 0 Å². The van der Waals surface area contributed by atoms with E-state index in [-0.39, 0.29) is 4.68 Å². The maximum absolute atomic E-state index is 13.2. The summed E-state index contributed by atoms with van der Waals surface area (Å²) in [5.41, 5.74) is -5.75. The molecule has 0 radical (unpaired) electrons. The molecule has 0 spiro atoms. The fraction of sp³-hybridized carbons (Fsp3) is 0.167. The molecule has 0 bridgehead atoms. The van der Waals surface area contributed by atoms with E-state index >= 15 is 0 Å². The van der Waals surface area contributed by atoms with Gasteiger partial charge in [-0.3, -0.25) is 4.55 Å². The highest BCUT2D eigenvalue weighted by Crippen LogP contribution is 2.41. The molecule has 0 saturated carbocycles. The van der Waals surface area contributed by atoms with Gasteiger partial charge in [-0.15, -0.1) is 0 Å². The Labute approximate surface area is 156 Å². The Kier molecular flexibility index (Phi) is 5.17. The SMILES string of the molecule is N#Cc1c(C(F)(F)F)c(S(=O)(=O)O)nn1-c1c(Cl)cc(C(F)(F)F)cc1Cl. The second-order valence-electron chi connectivity index (χ2n) is 4.81. The van der Waals surface area contributed by atoms with Gasteiger partial charge in [0.1, 0.15) is 17.3 Å². The molecule has 0 aliphatic rings. The minimum absolute atomic E-state index is 0.00323. The molecular formula is C12H3Cl2F6N3O3S. The second-order valence-corrected chi connectivity index (χ2v) is 6.96. The van der Waals surface area contributed by atoms with Gasteiger partial charge in [0, 0.05) is 0 Å². The maximum atomic E-state index is 13.2. The lowest BCUT2D eigenvalue weighted by molar-refractivity contribution is -0.140. The Bertz CT molecular complexity index is 1050. The number of rotatable bonds is 2. The lowest BCUT2D eigenvalue weighted by Gasteiger charge is -2.13. The molecule has 2 aromatic rings. The summed E-state index contributed by atoms with van der Waals surface area (Å²) in [5, 5.41) is 8.33. The van der Waals surface area contributed by atoms with Gasteiger partial charge in [-0.25, -0.2) is 4.68 Å². The maximum Gasteiger partial charge on any atom is 0.422 e. The van der Waals surface area contributed by atoms with Gasteiger partial charge >= 0.3 is 22.5 Å². The number of hydrogen-bond acceptors (Lipinski definition) is 4. The van der Waals surface area contributed by atoms with Crippen LogP contribution in [-0.4, -0.2) is 22.8 Å². The molecular weight excluding hydrogens is 451 g/mol. The molecule has 1 N–H and O–H groups in total. The molecule has 146 valence electrons. The molecule has 0 atom stereocenters. The number of alkyl halides is 6. The molecule has 2 rings (SSSR count). The predicted molar refractivity (Wildman–Crippen MR) is 78.1 cm³/mol. The van der Waals surface area contributed by atoms with Crippen molar-refractivity contribution in [3.63, 3.8) is 0 Å². The van der Waals surface area contributed by atoms with Gasteiger partial charge in [0.2, 0.25) is 5.03 Å². The Morgan fingerprint density at radius 1 is 1.07 bits per heavy atom. The Morgan fingerprint density at radius 3 is 1.89 bits per heavy atom. The van der Waals surface area contributed by atoms with E-state index in [0.29, 0.717) is 12.1 Å². The smallest absolute Gasteiger partial charge is 0.281 e. The van der Waals surface area contributed by atoms with Crippen molar-refractivity contribution in [1.29, 1.82) is 5.26 Å². The number of benzene rings is 1. The molecule has 0 unspecified atom stereocenters. The highest BCUT2D eigenvalue weighted by Gasteiger charge is 2.45. The van der Waals surface area contributed by atoms with Crippen LogP contribution in [0.5, 0.6) is 0 Å². The predicted octanol–water partition coefficient (Wildman–Crippen LogP) is 4.34. The van der Waals surface area contributed by atoms with E-state index in [0.717, 1.165) is 6.07 Å². The van der Waals surface area contributed by atoms with Crippen molar-refractivity contribution in [2.24, 2.45) is 0 Å². The number of aromatic nitrogens is 2. The molecule has 6 nitrogen and oxygen atoms in total. The van der Waals surface area contributed by atoms with Gasteiger partial charge in [0.15, 0.2) is 5.69 Å². The highest BCUT2D eigenvalue weighted by molar-refractivity contribution is 7.85. The van der Waals surface area contributed by atoms with Crippen LogP contribution in [0.15, 0.2) is 17.2 Å². The fourth-order valence-electron chi connectivity index (χ4n) is 2.03. The topological polar surface area (TPSA) is 96.0 Å². The summed E-state index contributed by atoms with van der Waals surface area (Å²) in [6, 6.07) is 1.62. The van der Waals surface area contributed by atoms with Crippen molar-refractivity contribution in [2.45, 2.75) is 17.4 Å². The third-order valence-corrected chi connectivity index (χ3v) is 4.39. The van der Waals surface area contributed by atoms with E-state index in [9.17, 15) is 34.8 Å². The minimum Gasteiger partial charge on any atom is -0.281 e. The molecule has 1 aromatic carbocycles. The first kappa shape index (κ1) is 21.3. The lowest BCUT2D eigenvalue weighted by Crippen LogP contribution is -2.13. The zero-order valence-electron chi connectivity index (χ0n) is 12.2. The summed E-state index contributed by atoms with van der Waals surface area (Å²) in [7, 11) is -5.56. The average Bonchev–Trinajstić information content (AvgIpc) is 2.84. The number of nitrogens with zero attached hydrogens (tertiary/aromatic N) is 3. The number of halogens is 8. The van der Waals surface area contributed by atoms with Crippen LogP contribution in [0.25, 0.3) is 5.69 Å². The summed E-state index contributed by atoms with van der Waals surface area (Å²) >= 11 is 11.3. The van der Waals surface area contributed by atoms with Crippen LogP contribution >= 0.6 is 23.2 Å². The summed E-state index contributed by atoms with van der Waals surface area (Å²) < 4.78 is 109. The number of nitriles is 1. The Hall–Kier alpha value is -2.01. The summed E-state index contributed by atoms with van der Waals surface area (Å²) in [6.45, 7) is 0. The van der Waals surface area contributed by atoms with E-state index < -0.39 is 60.1 Å². The van der Waals surface area contributed by atoms with Gasteiger partial charge < -0.3 is 0 Å². The van der Waals surface area contributed by atoms with Crippen molar-refractivity contribution in [2.75, 3.05) is 0 Å². The van der Waals surface area contributed by atoms with Gasteiger partial charge in [-0.2, -0.15) is 45.1 Å². The van der Waals surface area contributed by atoms with Gasteiger partial charge in [0.05, 0.1) is 15.6 Å². The molecule has 1 heterocycles. The van der Waals surface area contributed by atoms with E-state index in [2.05, 4.69) is 5.10 Å². The van der Waals surface area contributed by atoms with Crippen LogP contribution in [0.4, 0.5) is 26.3 Å². The summed E-state index contributed by atoms with van der Waals surface area (Å²) in [5.74, 6) is 0. The van der Waals surface area contributed by atoms with Crippen molar-refractivity contribution in [3.8, 4) is 11.8 Å². The molecule has 27 heavy (non-hydrogen) atoms. The highest BCUT2D eigenvalue weighted by atomic mass is 35.5. The van der Waals surface area contributed by atoms with Crippen LogP contribution in [0, 0.1) is 11.3 Å². The van der Waals surface area contributed by atoms with Crippen LogP contribution in [0.2, 0.25) is 10.0 Å². The molecule has 1 aromatic heterocycles. The van der Waals surface area contributed by atoms with Crippen LogP contribution in [0.1, 0.15) is 16.8 Å². The lowest BCUT2D eigenvalue weighted by atomic mass is 10.2. The largest absolute Gasteiger partial charge is 0.422 e. The van der Waals surface area contributed by atoms with Crippen LogP contribution in [0.3, 0.4) is 0 Å². The third kappa shape index (κ3) is 3.98. The monoisotopic (exact) mass is 453 g/mol. The first-order valence-corrected chi connectivity index (χ1v) is 8.43. The average molecular weight is 454 g/mol. The van der Waals surface area contributed by atoms with E-state index in [1.165, 1.54) is 0 Å². The summed E-state index contributed by atoms with van der Waals surface area (Å²) in [4.78, 5) is 0. The van der Waals surface area contributed by atoms with Crippen LogP contribution in [-0.2, 0) is 22.5 Å². The molecule has 0 saturated heterocycles.